The van der Waals surface area contributed by atoms with Gasteiger partial charge in [0.2, 0.25) is 0 Å². The molecule has 0 spiro atoms. The molecule has 0 amide bonds. The maximum Gasteiger partial charge on any atom is 0.419 e. The lowest BCUT2D eigenvalue weighted by Crippen LogP contribution is -2.41. The average Bonchev–Trinajstić information content (AvgIpc) is 3.10. The second-order valence-electron chi connectivity index (χ2n) is 12.6. The first-order valence-electron chi connectivity index (χ1n) is 16.3. The number of carbonyl (C=O) groups excluding carboxylic acids is 2. The number of hydrogen-bond donors (Lipinski definition) is 0. The van der Waals surface area contributed by atoms with E-state index in [-0.39, 0.29) is 22.6 Å². The molecule has 4 unspecified atom stereocenters. The molecule has 0 heterocycles. The molecule has 4 rings (SSSR count). The summed E-state index contributed by atoms with van der Waals surface area (Å²) >= 11 is 0. The van der Waals surface area contributed by atoms with Gasteiger partial charge >= 0.3 is 11.9 Å². The van der Waals surface area contributed by atoms with E-state index in [0.29, 0.717) is 11.5 Å². The Kier molecular flexibility index (Phi) is 13.6. The first-order valence-corrected chi connectivity index (χ1v) is 20.1. The van der Waals surface area contributed by atoms with Crippen LogP contribution in [0.1, 0.15) is 36.2 Å². The Morgan fingerprint density at radius 2 is 0.827 bits per heavy atom. The summed E-state index contributed by atoms with van der Waals surface area (Å²) in [6.45, 7) is 0. The van der Waals surface area contributed by atoms with Crippen LogP contribution in [0.5, 0.6) is 11.5 Å². The van der Waals surface area contributed by atoms with E-state index in [1.165, 1.54) is 24.3 Å². The van der Waals surface area contributed by atoms with Crippen LogP contribution in [-0.2, 0) is 38.7 Å². The largest absolute Gasteiger partial charge is 0.486 e. The number of hydrogen-bond acceptors (Lipinski definition) is 12. The van der Waals surface area contributed by atoms with Gasteiger partial charge in [0.05, 0.1) is 9.79 Å². The second-order valence-corrected chi connectivity index (χ2v) is 16.7. The van der Waals surface area contributed by atoms with E-state index in [4.69, 9.17) is 18.9 Å². The fourth-order valence-electron chi connectivity index (χ4n) is 5.14. The van der Waals surface area contributed by atoms with E-state index in [9.17, 15) is 26.4 Å². The third-order valence-electron chi connectivity index (χ3n) is 8.04. The zero-order chi connectivity index (χ0) is 38.1. The highest BCUT2D eigenvalue weighted by molar-refractivity contribution is 7.91. The highest BCUT2D eigenvalue weighted by Gasteiger charge is 2.32. The van der Waals surface area contributed by atoms with Crippen molar-refractivity contribution in [2.45, 2.75) is 47.3 Å². The minimum Gasteiger partial charge on any atom is -0.486 e. The first-order chi connectivity index (χ1) is 24.5. The maximum absolute atomic E-state index is 13.3. The summed E-state index contributed by atoms with van der Waals surface area (Å²) in [5.41, 5.74) is 1.54. The fraction of sp³-hybridized carbons (Fsp3) is 0.316. The van der Waals surface area contributed by atoms with Crippen molar-refractivity contribution in [3.8, 4) is 11.5 Å². The number of nitrogens with zero attached hydrogens (tertiary/aromatic N) is 2. The smallest absolute Gasteiger partial charge is 0.419 e. The molecule has 0 aliphatic rings. The van der Waals surface area contributed by atoms with Gasteiger partial charge in [-0.15, -0.1) is 0 Å². The Labute approximate surface area is 305 Å². The highest BCUT2D eigenvalue weighted by Crippen LogP contribution is 2.30. The van der Waals surface area contributed by atoms with Gasteiger partial charge in [0.25, 0.3) is 0 Å². The molecule has 0 saturated carbocycles. The molecule has 0 N–H and O–H groups in total. The summed E-state index contributed by atoms with van der Waals surface area (Å²) in [7, 11) is -0.0250. The van der Waals surface area contributed by atoms with Crippen molar-refractivity contribution in [3.05, 3.63) is 120 Å². The molecule has 0 radical (unpaired) electrons. The molecule has 12 nitrogen and oxygen atoms in total. The fourth-order valence-corrected chi connectivity index (χ4v) is 6.40. The number of sulfone groups is 2. The zero-order valence-corrected chi connectivity index (χ0v) is 31.5. The van der Waals surface area contributed by atoms with Crippen LogP contribution in [0.3, 0.4) is 0 Å². The van der Waals surface area contributed by atoms with Gasteiger partial charge in [0.1, 0.15) is 23.7 Å². The van der Waals surface area contributed by atoms with Crippen LogP contribution >= 0.6 is 0 Å². The monoisotopic (exact) mass is 752 g/mol. The topological polar surface area (TPSA) is 146 Å². The summed E-state index contributed by atoms with van der Waals surface area (Å²) in [6.07, 6.45) is -0.667. The minimum absolute atomic E-state index is 0.114. The summed E-state index contributed by atoms with van der Waals surface area (Å²) in [5.74, 6) is -1.61. The minimum atomic E-state index is -3.40. The van der Waals surface area contributed by atoms with Crippen molar-refractivity contribution in [1.82, 2.24) is 9.80 Å². The third-order valence-corrected chi connectivity index (χ3v) is 10.3. The van der Waals surface area contributed by atoms with Crippen molar-refractivity contribution in [3.63, 3.8) is 0 Å². The molecule has 0 aliphatic heterocycles. The SMILES string of the molecule is CN(C)C(CC(Oc1ccc(S(C)(=O)=O)cc1)c1ccccc1)OC(=O)C(=O)OC(CC(Oc1ccc(S(C)(=O)=O)cc1)c1ccccc1)N(C)C. The molecule has 0 aromatic heterocycles. The van der Waals surface area contributed by atoms with Crippen LogP contribution in [0.15, 0.2) is 119 Å². The van der Waals surface area contributed by atoms with Crippen LogP contribution in [0.2, 0.25) is 0 Å². The quantitative estimate of drug-likeness (QED) is 0.0855. The predicted molar refractivity (Wildman–Crippen MR) is 195 cm³/mol. The van der Waals surface area contributed by atoms with Gasteiger partial charge in [-0.3, -0.25) is 9.80 Å². The van der Waals surface area contributed by atoms with E-state index >= 15 is 0 Å². The Hall–Kier alpha value is -4.76. The summed E-state index contributed by atoms with van der Waals surface area (Å²) in [4.78, 5) is 30.1. The molecule has 4 aromatic rings. The number of benzene rings is 4. The average molecular weight is 753 g/mol. The molecule has 278 valence electrons. The van der Waals surface area contributed by atoms with Gasteiger partial charge in [-0.05, 0) is 87.8 Å². The molecular weight excluding hydrogens is 709 g/mol. The molecule has 4 aromatic carbocycles. The first kappa shape index (κ1) is 40.0. The van der Waals surface area contributed by atoms with Crippen LogP contribution < -0.4 is 9.47 Å². The van der Waals surface area contributed by atoms with E-state index in [1.807, 2.05) is 60.7 Å². The molecule has 0 saturated heterocycles. The van der Waals surface area contributed by atoms with Crippen LogP contribution in [0.4, 0.5) is 0 Å². The van der Waals surface area contributed by atoms with Crippen molar-refractivity contribution in [2.75, 3.05) is 40.7 Å². The zero-order valence-electron chi connectivity index (χ0n) is 29.9. The van der Waals surface area contributed by atoms with E-state index in [0.717, 1.165) is 23.6 Å². The van der Waals surface area contributed by atoms with Crippen LogP contribution in [0.25, 0.3) is 0 Å². The highest BCUT2D eigenvalue weighted by atomic mass is 32.2. The molecule has 52 heavy (non-hydrogen) atoms. The lowest BCUT2D eigenvalue weighted by molar-refractivity contribution is -0.185. The summed E-state index contributed by atoms with van der Waals surface area (Å²) in [5, 5.41) is 0. The van der Waals surface area contributed by atoms with E-state index < -0.39 is 56.3 Å². The Bertz CT molecular complexity index is 1840. The molecule has 0 bridgehead atoms. The number of rotatable bonds is 16. The van der Waals surface area contributed by atoms with Crippen molar-refractivity contribution < 1.29 is 45.4 Å². The summed E-state index contributed by atoms with van der Waals surface area (Å²) < 4.78 is 71.7. The normalized spacial score (nSPS) is 14.2. The van der Waals surface area contributed by atoms with Crippen LogP contribution in [0, 0.1) is 0 Å². The van der Waals surface area contributed by atoms with E-state index in [1.54, 1.807) is 62.3 Å². The van der Waals surface area contributed by atoms with Gasteiger partial charge in [0, 0.05) is 25.4 Å². The Morgan fingerprint density at radius 1 is 0.519 bits per heavy atom. The van der Waals surface area contributed by atoms with Crippen molar-refractivity contribution in [2.24, 2.45) is 0 Å². The molecule has 0 aliphatic carbocycles. The number of esters is 2. The number of carbonyl (C=O) groups is 2. The van der Waals surface area contributed by atoms with Gasteiger partial charge in [0.15, 0.2) is 32.1 Å². The summed E-state index contributed by atoms with van der Waals surface area (Å²) in [6, 6.07) is 30.5. The van der Waals surface area contributed by atoms with Gasteiger partial charge < -0.3 is 18.9 Å². The second kappa shape index (κ2) is 17.6. The molecule has 4 atom stereocenters. The predicted octanol–water partition coefficient (Wildman–Crippen LogP) is 5.08. The lowest BCUT2D eigenvalue weighted by atomic mass is 10.1. The van der Waals surface area contributed by atoms with Gasteiger partial charge in [-0.1, -0.05) is 60.7 Å². The lowest BCUT2D eigenvalue weighted by Gasteiger charge is -2.30. The Balaban J connectivity index is 1.49. The van der Waals surface area contributed by atoms with Crippen molar-refractivity contribution in [1.29, 1.82) is 0 Å². The maximum atomic E-state index is 13.3. The molecule has 0 fully saturated rings. The molecule has 14 heteroatoms. The van der Waals surface area contributed by atoms with Crippen molar-refractivity contribution >= 4 is 31.6 Å². The Morgan fingerprint density at radius 3 is 1.10 bits per heavy atom. The number of ether oxygens (including phenoxy) is 4. The third kappa shape index (κ3) is 11.6. The van der Waals surface area contributed by atoms with Gasteiger partial charge in [-0.2, -0.15) is 0 Å². The molecular formula is C38H44N2O10S2. The standard InChI is InChI=1S/C38H44N2O10S2/c1-39(2)35(25-33(27-13-9-7-10-14-27)47-29-17-21-31(22-18-29)51(5,43)44)49-37(41)38(42)50-36(40(3)4)26-34(28-15-11-8-12-16-28)48-30-19-23-32(24-20-30)52(6,45)46/h7-24,33-36H,25-26H2,1-6H3. The van der Waals surface area contributed by atoms with Gasteiger partial charge in [-0.25, -0.2) is 26.4 Å². The van der Waals surface area contributed by atoms with Crippen LogP contribution in [-0.4, -0.2) is 91.7 Å². The van der Waals surface area contributed by atoms with E-state index in [2.05, 4.69) is 0 Å².